The molecule has 1 aromatic heterocycles. The van der Waals surface area contributed by atoms with Crippen molar-refractivity contribution < 1.29 is 4.79 Å². The number of benzene rings is 1. The van der Waals surface area contributed by atoms with Crippen LogP contribution in [0.3, 0.4) is 0 Å². The highest BCUT2D eigenvalue weighted by molar-refractivity contribution is 7.99. The molecule has 1 unspecified atom stereocenters. The van der Waals surface area contributed by atoms with Gasteiger partial charge in [-0.3, -0.25) is 4.79 Å². The van der Waals surface area contributed by atoms with E-state index in [1.165, 1.54) is 0 Å². The fourth-order valence-electron chi connectivity index (χ4n) is 1.92. The van der Waals surface area contributed by atoms with Crippen molar-refractivity contribution >= 4 is 28.6 Å². The lowest BCUT2D eigenvalue weighted by molar-refractivity contribution is 0.0945. The highest BCUT2D eigenvalue weighted by Gasteiger charge is 2.12. The summed E-state index contributed by atoms with van der Waals surface area (Å²) in [7, 11) is 0. The lowest BCUT2D eigenvalue weighted by atomic mass is 10.1. The summed E-state index contributed by atoms with van der Waals surface area (Å²) in [6.07, 6.45) is 1.86. The zero-order valence-corrected chi connectivity index (χ0v) is 11.5. The minimum atomic E-state index is 0.00408. The molecule has 1 atom stereocenters. The first-order valence-electron chi connectivity index (χ1n) is 6.17. The summed E-state index contributed by atoms with van der Waals surface area (Å²) in [5.41, 5.74) is 1.74. The number of carbonyl (C=O) groups is 1. The fraction of sp³-hybridized carbons (Fsp3) is 0.357. The third kappa shape index (κ3) is 2.88. The number of aromatic nitrogens is 1. The van der Waals surface area contributed by atoms with Crippen molar-refractivity contribution in [3.63, 3.8) is 0 Å². The lowest BCUT2D eigenvalue weighted by Crippen LogP contribution is -2.34. The number of H-pyrrole nitrogens is 1. The van der Waals surface area contributed by atoms with Crippen molar-refractivity contribution in [2.45, 2.75) is 19.9 Å². The van der Waals surface area contributed by atoms with Crippen LogP contribution in [0, 0.1) is 0 Å². The van der Waals surface area contributed by atoms with Crippen molar-refractivity contribution in [3.05, 3.63) is 36.0 Å². The van der Waals surface area contributed by atoms with Crippen LogP contribution in [0.5, 0.6) is 0 Å². The molecule has 0 saturated carbocycles. The summed E-state index contributed by atoms with van der Waals surface area (Å²) in [6, 6.07) is 7.87. The molecule has 2 aromatic rings. The Labute approximate surface area is 111 Å². The average Bonchev–Trinajstić information content (AvgIpc) is 2.84. The molecule has 3 nitrogen and oxygen atoms in total. The predicted molar refractivity (Wildman–Crippen MR) is 78.2 cm³/mol. The molecule has 0 aliphatic rings. The monoisotopic (exact) mass is 262 g/mol. The molecule has 18 heavy (non-hydrogen) atoms. The minimum absolute atomic E-state index is 0.00408. The van der Waals surface area contributed by atoms with E-state index < -0.39 is 0 Å². The summed E-state index contributed by atoms with van der Waals surface area (Å²) in [6.45, 7) is 4.16. The van der Waals surface area contributed by atoms with Gasteiger partial charge in [-0.1, -0.05) is 13.0 Å². The van der Waals surface area contributed by atoms with Crippen LogP contribution in [0.4, 0.5) is 0 Å². The first kappa shape index (κ1) is 13.0. The molecule has 0 fully saturated rings. The molecule has 1 heterocycles. The van der Waals surface area contributed by atoms with Gasteiger partial charge in [0.2, 0.25) is 0 Å². The summed E-state index contributed by atoms with van der Waals surface area (Å²) < 4.78 is 0. The maximum Gasteiger partial charge on any atom is 0.252 e. The molecule has 0 saturated heterocycles. The normalized spacial score (nSPS) is 12.6. The van der Waals surface area contributed by atoms with E-state index in [0.717, 1.165) is 28.0 Å². The molecule has 96 valence electrons. The van der Waals surface area contributed by atoms with Crippen molar-refractivity contribution in [1.82, 2.24) is 10.3 Å². The van der Waals surface area contributed by atoms with Crippen molar-refractivity contribution in [2.75, 3.05) is 11.5 Å². The van der Waals surface area contributed by atoms with E-state index in [9.17, 15) is 4.79 Å². The van der Waals surface area contributed by atoms with E-state index >= 15 is 0 Å². The lowest BCUT2D eigenvalue weighted by Gasteiger charge is -2.13. The molecule has 0 bridgehead atoms. The molecule has 2 N–H and O–H groups in total. The summed E-state index contributed by atoms with van der Waals surface area (Å²) >= 11 is 1.84. The minimum Gasteiger partial charge on any atom is -0.361 e. The Morgan fingerprint density at radius 3 is 3.06 bits per heavy atom. The van der Waals surface area contributed by atoms with E-state index in [1.807, 2.05) is 49.1 Å². The third-order valence-corrected chi connectivity index (χ3v) is 3.93. The Balaban J connectivity index is 2.11. The zero-order chi connectivity index (χ0) is 13.0. The van der Waals surface area contributed by atoms with E-state index in [-0.39, 0.29) is 11.9 Å². The largest absolute Gasteiger partial charge is 0.361 e. The number of fused-ring (bicyclic) bond motifs is 1. The van der Waals surface area contributed by atoms with Crippen LogP contribution in [-0.4, -0.2) is 28.4 Å². The molecule has 1 aromatic carbocycles. The van der Waals surface area contributed by atoms with Crippen molar-refractivity contribution in [3.8, 4) is 0 Å². The molecule has 4 heteroatoms. The predicted octanol–water partition coefficient (Wildman–Crippen LogP) is 3.04. The van der Waals surface area contributed by atoms with Gasteiger partial charge < -0.3 is 10.3 Å². The summed E-state index contributed by atoms with van der Waals surface area (Å²) in [4.78, 5) is 15.3. The number of thioether (sulfide) groups is 1. The Hall–Kier alpha value is -1.42. The van der Waals surface area contributed by atoms with Gasteiger partial charge in [0.1, 0.15) is 0 Å². The topological polar surface area (TPSA) is 44.9 Å². The zero-order valence-electron chi connectivity index (χ0n) is 10.7. The number of carbonyl (C=O) groups excluding carboxylic acids is 1. The summed E-state index contributed by atoms with van der Waals surface area (Å²) in [5, 5.41) is 4.02. The molecular formula is C14H18N2OS. The number of hydrogen-bond donors (Lipinski definition) is 2. The van der Waals surface area contributed by atoms with Crippen LogP contribution in [0.15, 0.2) is 30.5 Å². The molecule has 0 radical (unpaired) electrons. The van der Waals surface area contributed by atoms with Crippen LogP contribution in [0.1, 0.15) is 24.2 Å². The number of aromatic amines is 1. The number of amides is 1. The fourth-order valence-corrected chi connectivity index (χ4v) is 2.59. The van der Waals surface area contributed by atoms with Gasteiger partial charge in [0.05, 0.1) is 0 Å². The van der Waals surface area contributed by atoms with E-state index in [1.54, 1.807) is 0 Å². The molecule has 2 rings (SSSR count). The highest BCUT2D eigenvalue weighted by Crippen LogP contribution is 2.17. The van der Waals surface area contributed by atoms with Gasteiger partial charge in [-0.05, 0) is 30.9 Å². The number of nitrogens with one attached hydrogen (secondary N) is 2. The van der Waals surface area contributed by atoms with Gasteiger partial charge in [-0.15, -0.1) is 0 Å². The molecular weight excluding hydrogens is 244 g/mol. The SMILES string of the molecule is CCSCC(C)NC(=O)c1cccc2[nH]ccc12. The first-order valence-corrected chi connectivity index (χ1v) is 7.32. The first-order chi connectivity index (χ1) is 8.72. The second-order valence-electron chi connectivity index (χ2n) is 4.28. The van der Waals surface area contributed by atoms with Crippen molar-refractivity contribution in [1.29, 1.82) is 0 Å². The third-order valence-electron chi connectivity index (χ3n) is 2.79. The Morgan fingerprint density at radius 2 is 2.28 bits per heavy atom. The standard InChI is InChI=1S/C14H18N2OS/c1-3-18-9-10(2)16-14(17)12-5-4-6-13-11(12)7-8-15-13/h4-8,10,15H,3,9H2,1-2H3,(H,16,17). The average molecular weight is 262 g/mol. The summed E-state index contributed by atoms with van der Waals surface area (Å²) in [5.74, 6) is 2.03. The molecule has 0 aliphatic carbocycles. The molecule has 1 amide bonds. The smallest absolute Gasteiger partial charge is 0.252 e. The Bertz CT molecular complexity index is 535. The van der Waals surface area contributed by atoms with Gasteiger partial charge in [0, 0.05) is 34.5 Å². The van der Waals surface area contributed by atoms with Crippen LogP contribution in [0.25, 0.3) is 10.9 Å². The number of hydrogen-bond acceptors (Lipinski definition) is 2. The quantitative estimate of drug-likeness (QED) is 0.870. The Kier molecular flexibility index (Phi) is 4.31. The molecule has 0 spiro atoms. The van der Waals surface area contributed by atoms with Crippen LogP contribution in [-0.2, 0) is 0 Å². The maximum atomic E-state index is 12.2. The van der Waals surface area contributed by atoms with Gasteiger partial charge >= 0.3 is 0 Å². The van der Waals surface area contributed by atoms with Crippen LogP contribution in [0.2, 0.25) is 0 Å². The van der Waals surface area contributed by atoms with E-state index in [2.05, 4.69) is 17.2 Å². The molecule has 0 aliphatic heterocycles. The van der Waals surface area contributed by atoms with E-state index in [4.69, 9.17) is 0 Å². The van der Waals surface area contributed by atoms with E-state index in [0.29, 0.717) is 0 Å². The highest BCUT2D eigenvalue weighted by atomic mass is 32.2. The second kappa shape index (κ2) is 5.96. The maximum absolute atomic E-state index is 12.2. The number of rotatable bonds is 5. The van der Waals surface area contributed by atoms with Gasteiger partial charge in [0.25, 0.3) is 5.91 Å². The Morgan fingerprint density at radius 1 is 1.44 bits per heavy atom. The van der Waals surface area contributed by atoms with Crippen LogP contribution >= 0.6 is 11.8 Å². The van der Waals surface area contributed by atoms with Gasteiger partial charge in [-0.25, -0.2) is 0 Å². The second-order valence-corrected chi connectivity index (χ2v) is 5.60. The van der Waals surface area contributed by atoms with Crippen molar-refractivity contribution in [2.24, 2.45) is 0 Å². The van der Waals surface area contributed by atoms with Crippen LogP contribution < -0.4 is 5.32 Å². The van der Waals surface area contributed by atoms with Gasteiger partial charge in [-0.2, -0.15) is 11.8 Å². The van der Waals surface area contributed by atoms with Gasteiger partial charge in [0.15, 0.2) is 0 Å².